The summed E-state index contributed by atoms with van der Waals surface area (Å²) in [4.78, 5) is 2.61. The molecule has 46 heavy (non-hydrogen) atoms. The molecule has 2 atom stereocenters. The minimum absolute atomic E-state index is 0.0924. The largest absolute Gasteiger partial charge is 0.486 e. The van der Waals surface area contributed by atoms with Gasteiger partial charge in [-0.3, -0.25) is 4.90 Å². The second kappa shape index (κ2) is 17.2. The standard InChI is InChI=1S/C23H29N.C17H18F3NO/c1-3-23(22-14-8-5-9-15-22,24(2)19-21-16-17-21)18-10-13-20-11-6-4-7-12-20;1-21-12-11-16(13-5-3-2-4-6-13)22-15-9-7-14(8-10-15)17(18,19)20/h4-15,21H,3,16-19H2,1-2H3;2-10,16,21H,11-12H2,1H3/b13-10+;. The van der Waals surface area contributed by atoms with E-state index in [4.69, 9.17) is 4.74 Å². The highest BCUT2D eigenvalue weighted by Gasteiger charge is 2.36. The molecule has 0 heterocycles. The van der Waals surface area contributed by atoms with Crippen molar-refractivity contribution < 1.29 is 17.9 Å². The zero-order chi connectivity index (χ0) is 32.8. The molecule has 3 nitrogen and oxygen atoms in total. The first-order chi connectivity index (χ1) is 22.2. The molecule has 4 aromatic carbocycles. The van der Waals surface area contributed by atoms with Crippen molar-refractivity contribution in [3.63, 3.8) is 0 Å². The van der Waals surface area contributed by atoms with Gasteiger partial charge in [0.05, 0.1) is 5.56 Å². The molecule has 1 saturated carbocycles. The molecule has 1 N–H and O–H groups in total. The summed E-state index contributed by atoms with van der Waals surface area (Å²) in [5, 5.41) is 3.05. The molecule has 0 aliphatic heterocycles. The summed E-state index contributed by atoms with van der Waals surface area (Å²) in [5.41, 5.74) is 3.13. The third-order valence-corrected chi connectivity index (χ3v) is 8.71. The number of nitrogens with one attached hydrogen (secondary N) is 1. The number of halogens is 3. The van der Waals surface area contributed by atoms with Gasteiger partial charge in [0, 0.05) is 18.5 Å². The van der Waals surface area contributed by atoms with Gasteiger partial charge in [0.15, 0.2) is 0 Å². The van der Waals surface area contributed by atoms with Crippen molar-refractivity contribution in [1.29, 1.82) is 0 Å². The average molecular weight is 629 g/mol. The first kappa shape index (κ1) is 35.0. The van der Waals surface area contributed by atoms with Crippen molar-refractivity contribution in [3.8, 4) is 5.75 Å². The summed E-state index contributed by atoms with van der Waals surface area (Å²) in [6.45, 7) is 4.29. The molecule has 244 valence electrons. The van der Waals surface area contributed by atoms with E-state index in [0.29, 0.717) is 5.75 Å². The fourth-order valence-electron chi connectivity index (χ4n) is 5.80. The van der Waals surface area contributed by atoms with Crippen molar-refractivity contribution >= 4 is 6.08 Å². The van der Waals surface area contributed by atoms with E-state index in [1.54, 1.807) is 0 Å². The quantitative estimate of drug-likeness (QED) is 0.150. The summed E-state index contributed by atoms with van der Waals surface area (Å²) < 4.78 is 43.6. The monoisotopic (exact) mass is 628 g/mol. The highest BCUT2D eigenvalue weighted by molar-refractivity contribution is 5.49. The van der Waals surface area contributed by atoms with Gasteiger partial charge in [-0.15, -0.1) is 0 Å². The molecular weight excluding hydrogens is 581 g/mol. The summed E-state index contributed by atoms with van der Waals surface area (Å²) in [5.74, 6) is 1.33. The topological polar surface area (TPSA) is 24.5 Å². The van der Waals surface area contributed by atoms with E-state index in [9.17, 15) is 13.2 Å². The number of nitrogens with zero attached hydrogens (tertiary/aromatic N) is 1. The van der Waals surface area contributed by atoms with Crippen molar-refractivity contribution in [2.75, 3.05) is 27.2 Å². The Hall–Kier alpha value is -3.87. The zero-order valence-corrected chi connectivity index (χ0v) is 27.2. The molecule has 0 amide bonds. The van der Waals surface area contributed by atoms with E-state index in [1.807, 2.05) is 37.4 Å². The van der Waals surface area contributed by atoms with Gasteiger partial charge in [-0.25, -0.2) is 0 Å². The summed E-state index contributed by atoms with van der Waals surface area (Å²) in [6, 6.07) is 36.1. The van der Waals surface area contributed by atoms with Crippen LogP contribution in [-0.2, 0) is 11.7 Å². The van der Waals surface area contributed by atoms with Gasteiger partial charge in [-0.2, -0.15) is 13.2 Å². The third kappa shape index (κ3) is 10.3. The lowest BCUT2D eigenvalue weighted by molar-refractivity contribution is -0.137. The Balaban J connectivity index is 0.000000210. The van der Waals surface area contributed by atoms with Crippen molar-refractivity contribution in [3.05, 3.63) is 144 Å². The molecule has 5 rings (SSSR count). The Bertz CT molecular complexity index is 1440. The van der Waals surface area contributed by atoms with Gasteiger partial charge in [-0.1, -0.05) is 110 Å². The van der Waals surface area contributed by atoms with Gasteiger partial charge < -0.3 is 10.1 Å². The van der Waals surface area contributed by atoms with E-state index in [2.05, 4.69) is 97.0 Å². The Morgan fingerprint density at radius 1 is 0.826 bits per heavy atom. The molecule has 2 unspecified atom stereocenters. The SMILES string of the molecule is CCC(C/C=C/c1ccccc1)(c1ccccc1)N(C)CC1CC1.CNCCC(Oc1ccc(C(F)(F)F)cc1)c1ccccc1. The lowest BCUT2D eigenvalue weighted by Gasteiger charge is -2.42. The van der Waals surface area contributed by atoms with Crippen LogP contribution in [0.5, 0.6) is 5.75 Å². The number of rotatable bonds is 14. The second-order valence-corrected chi connectivity index (χ2v) is 12.0. The lowest BCUT2D eigenvalue weighted by atomic mass is 9.82. The van der Waals surface area contributed by atoms with Crippen LogP contribution in [0.25, 0.3) is 6.08 Å². The van der Waals surface area contributed by atoms with Crippen LogP contribution >= 0.6 is 0 Å². The van der Waals surface area contributed by atoms with E-state index in [0.717, 1.165) is 49.4 Å². The molecule has 0 radical (unpaired) electrons. The van der Waals surface area contributed by atoms with Gasteiger partial charge in [0.2, 0.25) is 0 Å². The highest BCUT2D eigenvalue weighted by Crippen LogP contribution is 2.39. The number of hydrogen-bond donors (Lipinski definition) is 1. The van der Waals surface area contributed by atoms with Crippen LogP contribution in [0.1, 0.15) is 67.4 Å². The fourth-order valence-corrected chi connectivity index (χ4v) is 5.80. The Labute approximate surface area is 273 Å². The normalized spacial score (nSPS) is 15.2. The van der Waals surface area contributed by atoms with E-state index in [-0.39, 0.29) is 11.6 Å². The molecule has 1 fully saturated rings. The Morgan fingerprint density at radius 3 is 1.96 bits per heavy atom. The van der Waals surface area contributed by atoms with Crippen molar-refractivity contribution in [2.45, 2.75) is 56.8 Å². The molecule has 6 heteroatoms. The van der Waals surface area contributed by atoms with Crippen molar-refractivity contribution in [1.82, 2.24) is 10.2 Å². The van der Waals surface area contributed by atoms with Crippen LogP contribution in [0.3, 0.4) is 0 Å². The van der Waals surface area contributed by atoms with Crippen LogP contribution in [0.2, 0.25) is 0 Å². The molecule has 0 saturated heterocycles. The molecule has 0 aromatic heterocycles. The zero-order valence-electron chi connectivity index (χ0n) is 27.2. The fraction of sp³-hybridized carbons (Fsp3) is 0.350. The number of hydrogen-bond acceptors (Lipinski definition) is 3. The second-order valence-electron chi connectivity index (χ2n) is 12.0. The summed E-state index contributed by atoms with van der Waals surface area (Å²) in [6.07, 6.45) is 5.78. The van der Waals surface area contributed by atoms with Crippen LogP contribution in [0.4, 0.5) is 13.2 Å². The average Bonchev–Trinajstić information content (AvgIpc) is 3.90. The number of alkyl halides is 3. The maximum atomic E-state index is 12.6. The Morgan fingerprint density at radius 2 is 1.41 bits per heavy atom. The third-order valence-electron chi connectivity index (χ3n) is 8.71. The van der Waals surface area contributed by atoms with Gasteiger partial charge in [-0.05, 0) is 93.2 Å². The smallest absolute Gasteiger partial charge is 0.416 e. The molecular formula is C40H47F3N2O. The first-order valence-electron chi connectivity index (χ1n) is 16.3. The van der Waals surface area contributed by atoms with E-state index < -0.39 is 11.7 Å². The molecule has 4 aromatic rings. The molecule has 1 aliphatic rings. The maximum Gasteiger partial charge on any atom is 0.416 e. The van der Waals surface area contributed by atoms with Gasteiger partial charge in [0.25, 0.3) is 0 Å². The van der Waals surface area contributed by atoms with Crippen LogP contribution in [0.15, 0.2) is 121 Å². The first-order valence-corrected chi connectivity index (χ1v) is 16.3. The summed E-state index contributed by atoms with van der Waals surface area (Å²) in [7, 11) is 4.16. The Kier molecular flexibility index (Phi) is 13.1. The highest BCUT2D eigenvalue weighted by atomic mass is 19.4. The maximum absolute atomic E-state index is 12.6. The lowest BCUT2D eigenvalue weighted by Crippen LogP contribution is -2.44. The minimum Gasteiger partial charge on any atom is -0.486 e. The molecule has 1 aliphatic carbocycles. The number of ether oxygens (including phenoxy) is 1. The van der Waals surface area contributed by atoms with E-state index in [1.165, 1.54) is 42.6 Å². The summed E-state index contributed by atoms with van der Waals surface area (Å²) >= 11 is 0. The molecule has 0 spiro atoms. The predicted octanol–water partition coefficient (Wildman–Crippen LogP) is 10.2. The van der Waals surface area contributed by atoms with E-state index >= 15 is 0 Å². The van der Waals surface area contributed by atoms with Crippen LogP contribution < -0.4 is 10.1 Å². The van der Waals surface area contributed by atoms with Crippen molar-refractivity contribution in [2.24, 2.45) is 5.92 Å². The molecule has 0 bridgehead atoms. The van der Waals surface area contributed by atoms with Crippen LogP contribution in [-0.4, -0.2) is 32.1 Å². The predicted molar refractivity (Wildman–Crippen MR) is 184 cm³/mol. The van der Waals surface area contributed by atoms with Gasteiger partial charge >= 0.3 is 6.18 Å². The van der Waals surface area contributed by atoms with Gasteiger partial charge in [0.1, 0.15) is 11.9 Å². The number of benzene rings is 4. The minimum atomic E-state index is -4.33. The van der Waals surface area contributed by atoms with Crippen LogP contribution in [0, 0.1) is 5.92 Å².